The zero-order valence-electron chi connectivity index (χ0n) is 18.5. The van der Waals surface area contributed by atoms with Crippen molar-refractivity contribution in [3.05, 3.63) is 30.3 Å². The van der Waals surface area contributed by atoms with Gasteiger partial charge in [-0.3, -0.25) is 9.59 Å². The molecule has 0 bridgehead atoms. The van der Waals surface area contributed by atoms with Crippen LogP contribution in [0, 0.1) is 0 Å². The molecular weight excluding hydrogens is 468 g/mol. The Kier molecular flexibility index (Phi) is 15.4. The first-order valence-corrected chi connectivity index (χ1v) is 13.0. The van der Waals surface area contributed by atoms with Gasteiger partial charge in [0, 0.05) is 56.2 Å². The largest absolute Gasteiger partial charge is 0.465 e. The van der Waals surface area contributed by atoms with Crippen LogP contribution in [-0.2, 0) is 9.59 Å². The second-order valence-electron chi connectivity index (χ2n) is 6.97. The summed E-state index contributed by atoms with van der Waals surface area (Å²) in [5.41, 5.74) is 0. The third kappa shape index (κ3) is 15.8. The zero-order valence-corrected chi connectivity index (χ0v) is 20.1. The van der Waals surface area contributed by atoms with E-state index >= 15 is 0 Å². The second kappa shape index (κ2) is 17.9. The molecule has 0 aliphatic heterocycles. The summed E-state index contributed by atoms with van der Waals surface area (Å²) in [4.78, 5) is 48.0. The van der Waals surface area contributed by atoms with Crippen LogP contribution in [0.15, 0.2) is 35.2 Å². The number of rotatable bonds is 17. The van der Waals surface area contributed by atoms with Crippen LogP contribution < -0.4 is 16.0 Å². The second-order valence-corrected chi connectivity index (χ2v) is 9.46. The zero-order chi connectivity index (χ0) is 24.3. The van der Waals surface area contributed by atoms with Gasteiger partial charge in [-0.05, 0) is 25.0 Å². The third-order valence-corrected chi connectivity index (χ3v) is 6.75. The van der Waals surface area contributed by atoms with Crippen LogP contribution >= 0.6 is 21.6 Å². The fourth-order valence-corrected chi connectivity index (χ4v) is 4.73. The molecule has 33 heavy (non-hydrogen) atoms. The fourth-order valence-electron chi connectivity index (χ4n) is 2.73. The number of amides is 4. The molecule has 1 aromatic rings. The molecule has 0 aromatic heterocycles. The SMILES string of the molecule is O=C(O)NCCN(CCNC(=O)O)C(=O)CCCCCNC(=O)CCSSc1ccccc1. The molecule has 0 aliphatic rings. The molecule has 0 saturated heterocycles. The van der Waals surface area contributed by atoms with Crippen molar-refractivity contribution < 1.29 is 29.4 Å². The summed E-state index contributed by atoms with van der Waals surface area (Å²) in [5, 5.41) is 24.6. The predicted octanol–water partition coefficient (Wildman–Crippen LogP) is 2.86. The van der Waals surface area contributed by atoms with E-state index in [0.717, 1.165) is 23.5 Å². The van der Waals surface area contributed by atoms with Crippen LogP contribution in [0.25, 0.3) is 0 Å². The Morgan fingerprint density at radius 3 is 2.03 bits per heavy atom. The highest BCUT2D eigenvalue weighted by Gasteiger charge is 2.13. The molecule has 0 fully saturated rings. The minimum Gasteiger partial charge on any atom is -0.465 e. The number of carboxylic acid groups (broad SMARTS) is 2. The third-order valence-electron chi connectivity index (χ3n) is 4.37. The Bertz CT molecular complexity index is 719. The molecule has 0 spiro atoms. The lowest BCUT2D eigenvalue weighted by Crippen LogP contribution is -2.42. The number of hydrogen-bond acceptors (Lipinski definition) is 6. The highest BCUT2D eigenvalue weighted by molar-refractivity contribution is 8.76. The van der Waals surface area contributed by atoms with Gasteiger partial charge in [0.2, 0.25) is 11.8 Å². The molecule has 0 unspecified atom stereocenters. The number of hydrogen-bond donors (Lipinski definition) is 5. The monoisotopic (exact) mass is 500 g/mol. The van der Waals surface area contributed by atoms with Crippen molar-refractivity contribution in [2.45, 2.75) is 37.0 Å². The first-order valence-electron chi connectivity index (χ1n) is 10.7. The highest BCUT2D eigenvalue weighted by Crippen LogP contribution is 2.30. The Morgan fingerprint density at radius 1 is 0.788 bits per heavy atom. The normalized spacial score (nSPS) is 10.3. The van der Waals surface area contributed by atoms with Crippen LogP contribution in [-0.4, -0.2) is 77.6 Å². The van der Waals surface area contributed by atoms with E-state index in [2.05, 4.69) is 16.0 Å². The molecule has 4 amide bonds. The summed E-state index contributed by atoms with van der Waals surface area (Å²) in [6.45, 7) is 1.04. The van der Waals surface area contributed by atoms with Gasteiger partial charge < -0.3 is 31.1 Å². The first-order chi connectivity index (χ1) is 15.9. The summed E-state index contributed by atoms with van der Waals surface area (Å²) in [6, 6.07) is 9.99. The molecular formula is C21H32N4O6S2. The molecule has 1 rings (SSSR count). The number of carbonyl (C=O) groups is 4. The Labute approximate surface area is 201 Å². The Hall–Kier alpha value is -2.60. The standard InChI is InChI=1S/C21H32N4O6S2/c26-18(10-16-32-33-17-7-3-1-4-8-17)22-11-6-2-5-9-19(27)25(14-12-23-20(28)29)15-13-24-21(30)31/h1,3-4,7-8,23-24H,2,5-6,9-16H2,(H,22,26)(H,28,29)(H,30,31). The number of nitrogens with zero attached hydrogens (tertiary/aromatic N) is 1. The summed E-state index contributed by atoms with van der Waals surface area (Å²) >= 11 is 0. The summed E-state index contributed by atoms with van der Waals surface area (Å²) in [5.74, 6) is 0.574. The lowest BCUT2D eigenvalue weighted by Gasteiger charge is -2.22. The van der Waals surface area contributed by atoms with Gasteiger partial charge in [-0.2, -0.15) is 0 Å². The van der Waals surface area contributed by atoms with Gasteiger partial charge in [0.05, 0.1) is 0 Å². The highest BCUT2D eigenvalue weighted by atomic mass is 33.1. The maximum atomic E-state index is 12.4. The molecule has 0 heterocycles. The summed E-state index contributed by atoms with van der Waals surface area (Å²) < 4.78 is 0. The number of benzene rings is 1. The molecule has 1 aromatic carbocycles. The smallest absolute Gasteiger partial charge is 0.404 e. The summed E-state index contributed by atoms with van der Waals surface area (Å²) in [6.07, 6.45) is 0.524. The minimum absolute atomic E-state index is 0.00951. The number of carbonyl (C=O) groups excluding carboxylic acids is 2. The van der Waals surface area contributed by atoms with Crippen molar-refractivity contribution in [2.24, 2.45) is 0 Å². The van der Waals surface area contributed by atoms with E-state index in [1.165, 1.54) is 4.90 Å². The van der Waals surface area contributed by atoms with Crippen LogP contribution in [0.3, 0.4) is 0 Å². The van der Waals surface area contributed by atoms with Gasteiger partial charge in [-0.25, -0.2) is 9.59 Å². The van der Waals surface area contributed by atoms with Crippen LogP contribution in [0.4, 0.5) is 9.59 Å². The van der Waals surface area contributed by atoms with E-state index in [9.17, 15) is 19.2 Å². The van der Waals surface area contributed by atoms with Gasteiger partial charge in [0.25, 0.3) is 0 Å². The minimum atomic E-state index is -1.18. The van der Waals surface area contributed by atoms with Crippen LogP contribution in [0.2, 0.25) is 0 Å². The lowest BCUT2D eigenvalue weighted by molar-refractivity contribution is -0.131. The fraction of sp³-hybridized carbons (Fsp3) is 0.524. The molecule has 12 heteroatoms. The van der Waals surface area contributed by atoms with Crippen LogP contribution in [0.5, 0.6) is 0 Å². The topological polar surface area (TPSA) is 148 Å². The van der Waals surface area contributed by atoms with Gasteiger partial charge >= 0.3 is 12.2 Å². The van der Waals surface area contributed by atoms with Crippen molar-refractivity contribution in [2.75, 3.05) is 38.5 Å². The molecule has 5 N–H and O–H groups in total. The summed E-state index contributed by atoms with van der Waals surface area (Å²) in [7, 11) is 3.29. The number of unbranched alkanes of at least 4 members (excludes halogenated alkanes) is 2. The molecule has 0 aliphatic carbocycles. The van der Waals surface area contributed by atoms with Gasteiger partial charge in [0.15, 0.2) is 0 Å². The van der Waals surface area contributed by atoms with E-state index in [-0.39, 0.29) is 44.4 Å². The molecule has 184 valence electrons. The van der Waals surface area contributed by atoms with E-state index in [1.807, 2.05) is 30.3 Å². The quantitative estimate of drug-likeness (QED) is 0.162. The van der Waals surface area contributed by atoms with E-state index in [1.54, 1.807) is 21.6 Å². The molecule has 0 atom stereocenters. The van der Waals surface area contributed by atoms with Gasteiger partial charge in [-0.1, -0.05) is 46.2 Å². The maximum absolute atomic E-state index is 12.4. The number of nitrogens with one attached hydrogen (secondary N) is 3. The van der Waals surface area contributed by atoms with Crippen molar-refractivity contribution in [1.29, 1.82) is 0 Å². The average molecular weight is 501 g/mol. The van der Waals surface area contributed by atoms with Crippen molar-refractivity contribution in [1.82, 2.24) is 20.9 Å². The Morgan fingerprint density at radius 2 is 1.42 bits per heavy atom. The molecule has 0 saturated carbocycles. The van der Waals surface area contributed by atoms with Crippen molar-refractivity contribution in [3.8, 4) is 0 Å². The maximum Gasteiger partial charge on any atom is 0.404 e. The molecule has 0 radical (unpaired) electrons. The first kappa shape index (κ1) is 28.4. The van der Waals surface area contributed by atoms with Crippen LogP contribution in [0.1, 0.15) is 32.1 Å². The Balaban J connectivity index is 2.13. The molecule has 10 nitrogen and oxygen atoms in total. The van der Waals surface area contributed by atoms with E-state index in [4.69, 9.17) is 10.2 Å². The van der Waals surface area contributed by atoms with Gasteiger partial charge in [0.1, 0.15) is 0 Å². The van der Waals surface area contributed by atoms with Crippen molar-refractivity contribution >= 4 is 45.6 Å². The van der Waals surface area contributed by atoms with E-state index in [0.29, 0.717) is 19.4 Å². The average Bonchev–Trinajstić information content (AvgIpc) is 2.78. The lowest BCUT2D eigenvalue weighted by atomic mass is 10.1. The predicted molar refractivity (Wildman–Crippen MR) is 129 cm³/mol. The van der Waals surface area contributed by atoms with E-state index < -0.39 is 12.2 Å². The van der Waals surface area contributed by atoms with Crippen molar-refractivity contribution in [3.63, 3.8) is 0 Å². The van der Waals surface area contributed by atoms with Gasteiger partial charge in [-0.15, -0.1) is 0 Å².